The maximum atomic E-state index is 5.48. The summed E-state index contributed by atoms with van der Waals surface area (Å²) in [7, 11) is 1.93. The van der Waals surface area contributed by atoms with Crippen molar-refractivity contribution in [3.05, 3.63) is 16.1 Å². The number of hydrogen-bond acceptors (Lipinski definition) is 4. The van der Waals surface area contributed by atoms with Crippen molar-refractivity contribution in [2.75, 3.05) is 13.7 Å². The lowest BCUT2D eigenvalue weighted by molar-refractivity contribution is 0.116. The topological polar surface area (TPSA) is 34.1 Å². The Labute approximate surface area is 89.5 Å². The molecule has 0 aliphatic rings. The number of nitrogens with one attached hydrogen (secondary N) is 1. The van der Waals surface area contributed by atoms with Crippen LogP contribution in [0.2, 0.25) is 0 Å². The molecular formula is C10H18N2OS. The first-order chi connectivity index (χ1) is 6.86. The first kappa shape index (κ1) is 11.6. The molecule has 1 heterocycles. The van der Waals surface area contributed by atoms with Crippen LogP contribution in [-0.4, -0.2) is 18.6 Å². The molecule has 4 heteroatoms. The monoisotopic (exact) mass is 214 g/mol. The average molecular weight is 214 g/mol. The molecule has 14 heavy (non-hydrogen) atoms. The van der Waals surface area contributed by atoms with Gasteiger partial charge in [-0.15, -0.1) is 11.3 Å². The van der Waals surface area contributed by atoms with Crippen molar-refractivity contribution < 1.29 is 4.74 Å². The second-order valence-electron chi connectivity index (χ2n) is 3.17. The van der Waals surface area contributed by atoms with Gasteiger partial charge in [-0.05, 0) is 13.5 Å². The van der Waals surface area contributed by atoms with Crippen molar-refractivity contribution in [1.82, 2.24) is 10.3 Å². The number of hydrogen-bond donors (Lipinski definition) is 1. The van der Waals surface area contributed by atoms with E-state index < -0.39 is 0 Å². The van der Waals surface area contributed by atoms with E-state index in [1.165, 1.54) is 6.42 Å². The van der Waals surface area contributed by atoms with Crippen LogP contribution in [0.5, 0.6) is 0 Å². The molecule has 0 amide bonds. The number of aromatic nitrogens is 1. The first-order valence-electron chi connectivity index (χ1n) is 5.02. The average Bonchev–Trinajstić information content (AvgIpc) is 2.61. The Balaban J connectivity index is 2.22. The number of ether oxygens (including phenoxy) is 1. The summed E-state index contributed by atoms with van der Waals surface area (Å²) in [6.45, 7) is 4.51. The van der Waals surface area contributed by atoms with E-state index in [4.69, 9.17) is 4.74 Å². The summed E-state index contributed by atoms with van der Waals surface area (Å²) in [5.41, 5.74) is 1.05. The summed E-state index contributed by atoms with van der Waals surface area (Å²) in [6, 6.07) is 0. The molecule has 0 aliphatic heterocycles. The molecule has 0 fully saturated rings. The highest BCUT2D eigenvalue weighted by molar-refractivity contribution is 7.09. The van der Waals surface area contributed by atoms with Gasteiger partial charge in [-0.2, -0.15) is 0 Å². The summed E-state index contributed by atoms with van der Waals surface area (Å²) in [6.07, 6.45) is 2.32. The van der Waals surface area contributed by atoms with Crippen molar-refractivity contribution in [3.8, 4) is 0 Å². The molecule has 0 bridgehead atoms. The van der Waals surface area contributed by atoms with Gasteiger partial charge in [0.15, 0.2) is 0 Å². The van der Waals surface area contributed by atoms with E-state index in [9.17, 15) is 0 Å². The van der Waals surface area contributed by atoms with Gasteiger partial charge in [0.05, 0.1) is 12.3 Å². The third-order valence-electron chi connectivity index (χ3n) is 1.82. The Morgan fingerprint density at radius 3 is 3.14 bits per heavy atom. The summed E-state index contributed by atoms with van der Waals surface area (Å²) in [4.78, 5) is 4.43. The Morgan fingerprint density at radius 2 is 2.43 bits per heavy atom. The third-order valence-corrected chi connectivity index (χ3v) is 2.72. The van der Waals surface area contributed by atoms with Crippen LogP contribution in [0.25, 0.3) is 0 Å². The van der Waals surface area contributed by atoms with Crippen molar-refractivity contribution in [1.29, 1.82) is 0 Å². The van der Waals surface area contributed by atoms with Crippen molar-refractivity contribution >= 4 is 11.3 Å². The number of thiazole rings is 1. The van der Waals surface area contributed by atoms with Gasteiger partial charge in [0.25, 0.3) is 0 Å². The van der Waals surface area contributed by atoms with Gasteiger partial charge in [0.1, 0.15) is 5.01 Å². The lowest BCUT2D eigenvalue weighted by Gasteiger charge is -1.99. The largest absolute Gasteiger partial charge is 0.375 e. The predicted molar refractivity (Wildman–Crippen MR) is 59.4 cm³/mol. The SMILES string of the molecule is CCCCOCc1csc(CNC)n1. The minimum atomic E-state index is 0.653. The number of unbranched alkanes of at least 4 members (excludes halogenated alkanes) is 1. The molecule has 1 rings (SSSR count). The van der Waals surface area contributed by atoms with Crippen LogP contribution >= 0.6 is 11.3 Å². The number of nitrogens with zero attached hydrogens (tertiary/aromatic N) is 1. The Kier molecular flexibility index (Phi) is 5.75. The quantitative estimate of drug-likeness (QED) is 0.706. The molecule has 0 atom stereocenters. The van der Waals surface area contributed by atoms with E-state index in [1.807, 2.05) is 7.05 Å². The van der Waals surface area contributed by atoms with E-state index in [0.29, 0.717) is 6.61 Å². The molecule has 0 saturated heterocycles. The highest BCUT2D eigenvalue weighted by Gasteiger charge is 2.00. The molecule has 0 saturated carbocycles. The zero-order valence-corrected chi connectivity index (χ0v) is 9.69. The van der Waals surface area contributed by atoms with E-state index >= 15 is 0 Å². The summed E-state index contributed by atoms with van der Waals surface area (Å²) in [5, 5.41) is 6.28. The van der Waals surface area contributed by atoms with Gasteiger partial charge in [0.2, 0.25) is 0 Å². The predicted octanol–water partition coefficient (Wildman–Crippen LogP) is 2.18. The Morgan fingerprint density at radius 1 is 1.57 bits per heavy atom. The summed E-state index contributed by atoms with van der Waals surface area (Å²) >= 11 is 1.68. The molecule has 1 N–H and O–H groups in total. The van der Waals surface area contributed by atoms with Crippen LogP contribution in [0.4, 0.5) is 0 Å². The fourth-order valence-electron chi connectivity index (χ4n) is 1.07. The van der Waals surface area contributed by atoms with Crippen LogP contribution in [-0.2, 0) is 17.9 Å². The van der Waals surface area contributed by atoms with E-state index in [-0.39, 0.29) is 0 Å². The summed E-state index contributed by atoms with van der Waals surface area (Å²) in [5.74, 6) is 0. The first-order valence-corrected chi connectivity index (χ1v) is 5.90. The van der Waals surface area contributed by atoms with E-state index in [1.54, 1.807) is 11.3 Å². The zero-order valence-electron chi connectivity index (χ0n) is 8.88. The maximum absolute atomic E-state index is 5.48. The fraction of sp³-hybridized carbons (Fsp3) is 0.700. The van der Waals surface area contributed by atoms with Gasteiger partial charge in [-0.1, -0.05) is 13.3 Å². The van der Waals surface area contributed by atoms with Crippen molar-refractivity contribution in [2.45, 2.75) is 32.9 Å². The Hall–Kier alpha value is -0.450. The van der Waals surface area contributed by atoms with E-state index in [2.05, 4.69) is 22.6 Å². The van der Waals surface area contributed by atoms with Gasteiger partial charge >= 0.3 is 0 Å². The summed E-state index contributed by atoms with van der Waals surface area (Å²) < 4.78 is 5.48. The Bertz CT molecular complexity index is 250. The van der Waals surface area contributed by atoms with Crippen molar-refractivity contribution in [2.24, 2.45) is 0 Å². The molecule has 1 aromatic rings. The molecular weight excluding hydrogens is 196 g/mol. The van der Waals surface area contributed by atoms with Gasteiger partial charge in [-0.25, -0.2) is 4.98 Å². The second kappa shape index (κ2) is 6.92. The molecule has 0 unspecified atom stereocenters. The van der Waals surface area contributed by atoms with Crippen molar-refractivity contribution in [3.63, 3.8) is 0 Å². The van der Waals surface area contributed by atoms with Crippen LogP contribution in [0, 0.1) is 0 Å². The standard InChI is InChI=1S/C10H18N2OS/c1-3-4-5-13-7-9-8-14-10(12-9)6-11-2/h8,11H,3-7H2,1-2H3. The molecule has 3 nitrogen and oxygen atoms in total. The normalized spacial score (nSPS) is 10.7. The highest BCUT2D eigenvalue weighted by Crippen LogP contribution is 2.10. The highest BCUT2D eigenvalue weighted by atomic mass is 32.1. The molecule has 0 spiro atoms. The van der Waals surface area contributed by atoms with Gasteiger partial charge in [-0.3, -0.25) is 0 Å². The van der Waals surface area contributed by atoms with Crippen LogP contribution in [0.1, 0.15) is 30.5 Å². The molecule has 0 aromatic carbocycles. The lowest BCUT2D eigenvalue weighted by atomic mass is 10.4. The van der Waals surface area contributed by atoms with Crippen LogP contribution in [0.3, 0.4) is 0 Å². The van der Waals surface area contributed by atoms with Gasteiger partial charge < -0.3 is 10.1 Å². The molecule has 80 valence electrons. The minimum absolute atomic E-state index is 0.653. The lowest BCUT2D eigenvalue weighted by Crippen LogP contribution is -2.04. The smallest absolute Gasteiger partial charge is 0.107 e. The molecule has 0 aliphatic carbocycles. The van der Waals surface area contributed by atoms with Crippen LogP contribution < -0.4 is 5.32 Å². The molecule has 0 radical (unpaired) electrons. The van der Waals surface area contributed by atoms with E-state index in [0.717, 1.165) is 30.3 Å². The zero-order chi connectivity index (χ0) is 10.2. The molecule has 1 aromatic heterocycles. The second-order valence-corrected chi connectivity index (χ2v) is 4.11. The van der Waals surface area contributed by atoms with Gasteiger partial charge in [0, 0.05) is 18.5 Å². The third kappa shape index (κ3) is 4.17. The van der Waals surface area contributed by atoms with Crippen LogP contribution in [0.15, 0.2) is 5.38 Å². The number of rotatable bonds is 7. The fourth-order valence-corrected chi connectivity index (χ4v) is 1.86. The maximum Gasteiger partial charge on any atom is 0.107 e. The minimum Gasteiger partial charge on any atom is -0.375 e.